The lowest BCUT2D eigenvalue weighted by molar-refractivity contribution is -0.132. The fourth-order valence-electron chi connectivity index (χ4n) is 3.09. The van der Waals surface area contributed by atoms with Crippen LogP contribution in [0.1, 0.15) is 18.9 Å². The van der Waals surface area contributed by atoms with E-state index in [2.05, 4.69) is 32.7 Å². The second-order valence-corrected chi connectivity index (χ2v) is 8.11. The largest absolute Gasteiger partial charge is 0.342 e. The maximum absolute atomic E-state index is 12.2. The fraction of sp³-hybridized carbons (Fsp3) is 0.556. The van der Waals surface area contributed by atoms with Crippen LogP contribution in [0.4, 0.5) is 0 Å². The highest BCUT2D eigenvalue weighted by Gasteiger charge is 2.21. The number of thiophene rings is 1. The van der Waals surface area contributed by atoms with E-state index in [0.29, 0.717) is 6.54 Å². The molecule has 0 spiro atoms. The number of aromatic nitrogens is 1. The highest BCUT2D eigenvalue weighted by molar-refractivity contribution is 7.14. The van der Waals surface area contributed by atoms with Gasteiger partial charge in [0.1, 0.15) is 5.01 Å². The van der Waals surface area contributed by atoms with Gasteiger partial charge in [0.05, 0.1) is 23.7 Å². The Kier molecular flexibility index (Phi) is 6.58. The minimum Gasteiger partial charge on any atom is -0.342 e. The average molecular weight is 379 g/mol. The first-order valence-corrected chi connectivity index (χ1v) is 10.7. The average Bonchev–Trinajstić information content (AvgIpc) is 3.29. The molecule has 3 heterocycles. The number of likely N-dealkylation sites (N-methyl/N-ethyl adjacent to an activating group) is 1. The van der Waals surface area contributed by atoms with E-state index in [1.807, 2.05) is 18.7 Å². The summed E-state index contributed by atoms with van der Waals surface area (Å²) in [6.45, 7) is 11.0. The second-order valence-electron chi connectivity index (χ2n) is 6.22. The molecule has 0 aromatic carbocycles. The van der Waals surface area contributed by atoms with E-state index in [1.54, 1.807) is 22.7 Å². The lowest BCUT2D eigenvalue weighted by Crippen LogP contribution is -2.49. The van der Waals surface area contributed by atoms with Crippen molar-refractivity contribution in [1.29, 1.82) is 0 Å². The molecule has 3 rings (SSSR count). The van der Waals surface area contributed by atoms with Crippen LogP contribution in [0.25, 0.3) is 10.6 Å². The SMILES string of the molecule is CCN(CC)C(=O)CN1CCN(Cc2nc(-c3cccs3)cs2)CC1. The van der Waals surface area contributed by atoms with Gasteiger partial charge in [0.2, 0.25) is 5.91 Å². The number of carbonyl (C=O) groups excluding carboxylic acids is 1. The monoisotopic (exact) mass is 378 g/mol. The molecule has 0 N–H and O–H groups in total. The molecule has 7 heteroatoms. The van der Waals surface area contributed by atoms with Gasteiger partial charge < -0.3 is 4.90 Å². The normalized spacial score (nSPS) is 16.2. The van der Waals surface area contributed by atoms with Crippen molar-refractivity contribution in [2.24, 2.45) is 0 Å². The second kappa shape index (κ2) is 8.89. The molecular formula is C18H26N4OS2. The van der Waals surface area contributed by atoms with E-state index in [4.69, 9.17) is 4.98 Å². The summed E-state index contributed by atoms with van der Waals surface area (Å²) in [5, 5.41) is 5.42. The van der Waals surface area contributed by atoms with Crippen molar-refractivity contribution in [3.05, 3.63) is 27.9 Å². The van der Waals surface area contributed by atoms with Crippen LogP contribution in [-0.2, 0) is 11.3 Å². The van der Waals surface area contributed by atoms with Gasteiger partial charge >= 0.3 is 0 Å². The van der Waals surface area contributed by atoms with E-state index < -0.39 is 0 Å². The molecule has 5 nitrogen and oxygen atoms in total. The van der Waals surface area contributed by atoms with Gasteiger partial charge in [0.25, 0.3) is 0 Å². The third kappa shape index (κ3) is 4.88. The lowest BCUT2D eigenvalue weighted by Gasteiger charge is -2.34. The molecule has 25 heavy (non-hydrogen) atoms. The first kappa shape index (κ1) is 18.5. The topological polar surface area (TPSA) is 39.7 Å². The Morgan fingerprint density at radius 1 is 1.16 bits per heavy atom. The molecule has 0 unspecified atom stereocenters. The Hall–Kier alpha value is -1.28. The molecule has 2 aromatic rings. The molecule has 0 bridgehead atoms. The van der Waals surface area contributed by atoms with Crippen molar-refractivity contribution in [2.45, 2.75) is 20.4 Å². The summed E-state index contributed by atoms with van der Waals surface area (Å²) in [4.78, 5) is 24.9. The van der Waals surface area contributed by atoms with Crippen LogP contribution in [0, 0.1) is 0 Å². The van der Waals surface area contributed by atoms with Crippen molar-refractivity contribution < 1.29 is 4.79 Å². The number of rotatable bonds is 7. The molecule has 0 aliphatic carbocycles. The standard InChI is InChI=1S/C18H26N4OS2/c1-3-22(4-2)18(23)13-21-9-7-20(8-10-21)12-17-19-15(14-25-17)16-6-5-11-24-16/h5-6,11,14H,3-4,7-10,12-13H2,1-2H3. The van der Waals surface area contributed by atoms with Crippen molar-refractivity contribution in [1.82, 2.24) is 19.7 Å². The van der Waals surface area contributed by atoms with Gasteiger partial charge in [-0.05, 0) is 25.3 Å². The third-order valence-corrected chi connectivity index (χ3v) is 6.35. The zero-order valence-electron chi connectivity index (χ0n) is 15.0. The zero-order valence-corrected chi connectivity index (χ0v) is 16.6. The van der Waals surface area contributed by atoms with E-state index in [-0.39, 0.29) is 5.91 Å². The van der Waals surface area contributed by atoms with Crippen LogP contribution in [0.5, 0.6) is 0 Å². The lowest BCUT2D eigenvalue weighted by atomic mass is 10.3. The molecule has 136 valence electrons. The number of hydrogen-bond acceptors (Lipinski definition) is 6. The van der Waals surface area contributed by atoms with Crippen LogP contribution in [0.15, 0.2) is 22.9 Å². The number of piperazine rings is 1. The summed E-state index contributed by atoms with van der Waals surface area (Å²) in [6, 6.07) is 4.19. The zero-order chi connectivity index (χ0) is 17.6. The molecule has 1 amide bonds. The molecule has 0 radical (unpaired) electrons. The maximum atomic E-state index is 12.2. The highest BCUT2D eigenvalue weighted by Crippen LogP contribution is 2.26. The van der Waals surface area contributed by atoms with Crippen LogP contribution in [-0.4, -0.2) is 71.4 Å². The van der Waals surface area contributed by atoms with Gasteiger partial charge in [0, 0.05) is 44.6 Å². The molecule has 1 fully saturated rings. The van der Waals surface area contributed by atoms with E-state index in [0.717, 1.165) is 51.5 Å². The predicted molar refractivity (Wildman–Crippen MR) is 105 cm³/mol. The first-order chi connectivity index (χ1) is 12.2. The van der Waals surface area contributed by atoms with Crippen LogP contribution < -0.4 is 0 Å². The summed E-state index contributed by atoms with van der Waals surface area (Å²) in [5.74, 6) is 0.249. The van der Waals surface area contributed by atoms with Crippen LogP contribution in [0.2, 0.25) is 0 Å². The van der Waals surface area contributed by atoms with Crippen molar-refractivity contribution in [3.63, 3.8) is 0 Å². The minimum absolute atomic E-state index is 0.249. The molecule has 1 aliphatic rings. The predicted octanol–water partition coefficient (Wildman–Crippen LogP) is 2.86. The van der Waals surface area contributed by atoms with E-state index >= 15 is 0 Å². The van der Waals surface area contributed by atoms with Gasteiger partial charge in [-0.15, -0.1) is 22.7 Å². The number of hydrogen-bond donors (Lipinski definition) is 0. The van der Waals surface area contributed by atoms with Gasteiger partial charge in [-0.1, -0.05) is 6.07 Å². The molecule has 0 atom stereocenters. The van der Waals surface area contributed by atoms with E-state index in [9.17, 15) is 4.79 Å². The van der Waals surface area contributed by atoms with Gasteiger partial charge in [0.15, 0.2) is 0 Å². The van der Waals surface area contributed by atoms with Crippen molar-refractivity contribution in [2.75, 3.05) is 45.8 Å². The highest BCUT2D eigenvalue weighted by atomic mass is 32.1. The molecule has 0 saturated carbocycles. The number of carbonyl (C=O) groups is 1. The number of nitrogens with zero attached hydrogens (tertiary/aromatic N) is 4. The smallest absolute Gasteiger partial charge is 0.236 e. The summed E-state index contributed by atoms with van der Waals surface area (Å²) in [6.07, 6.45) is 0. The van der Waals surface area contributed by atoms with Gasteiger partial charge in [-0.3, -0.25) is 14.6 Å². The Morgan fingerprint density at radius 3 is 2.52 bits per heavy atom. The van der Waals surface area contributed by atoms with Gasteiger partial charge in [-0.25, -0.2) is 4.98 Å². The van der Waals surface area contributed by atoms with Gasteiger partial charge in [-0.2, -0.15) is 0 Å². The molecule has 1 aliphatic heterocycles. The summed E-state index contributed by atoms with van der Waals surface area (Å²) in [7, 11) is 0. The Labute approximate surface area is 157 Å². The summed E-state index contributed by atoms with van der Waals surface area (Å²) < 4.78 is 0. The Morgan fingerprint density at radius 2 is 1.88 bits per heavy atom. The quantitative estimate of drug-likeness (QED) is 0.743. The molecule has 1 saturated heterocycles. The van der Waals surface area contributed by atoms with Crippen LogP contribution >= 0.6 is 22.7 Å². The number of thiazole rings is 1. The van der Waals surface area contributed by atoms with E-state index in [1.165, 1.54) is 9.88 Å². The third-order valence-electron chi connectivity index (χ3n) is 4.62. The Bertz CT molecular complexity index is 658. The summed E-state index contributed by atoms with van der Waals surface area (Å²) >= 11 is 3.48. The summed E-state index contributed by atoms with van der Waals surface area (Å²) in [5.41, 5.74) is 1.10. The van der Waals surface area contributed by atoms with Crippen molar-refractivity contribution in [3.8, 4) is 10.6 Å². The van der Waals surface area contributed by atoms with Crippen molar-refractivity contribution >= 4 is 28.6 Å². The number of amides is 1. The Balaban J connectivity index is 1.46. The minimum atomic E-state index is 0.249. The molecule has 2 aromatic heterocycles. The molecular weight excluding hydrogens is 352 g/mol. The van der Waals surface area contributed by atoms with Crippen LogP contribution in [0.3, 0.4) is 0 Å². The first-order valence-electron chi connectivity index (χ1n) is 8.90. The maximum Gasteiger partial charge on any atom is 0.236 e. The fourth-order valence-corrected chi connectivity index (χ4v) is 4.68.